The van der Waals surface area contributed by atoms with E-state index < -0.39 is 0 Å². The Bertz CT molecular complexity index is 574. The van der Waals surface area contributed by atoms with Crippen molar-refractivity contribution in [1.82, 2.24) is 24.5 Å². The Morgan fingerprint density at radius 1 is 1.25 bits per heavy atom. The zero-order valence-corrected chi connectivity index (χ0v) is 15.5. The van der Waals surface area contributed by atoms with Crippen molar-refractivity contribution in [3.63, 3.8) is 0 Å². The highest BCUT2D eigenvalue weighted by molar-refractivity contribution is 5.82. The number of likely N-dealkylation sites (N-methyl/N-ethyl adjacent to an activating group) is 1. The molecule has 134 valence electrons. The highest BCUT2D eigenvalue weighted by Gasteiger charge is 2.32. The minimum atomic E-state index is 0.114. The van der Waals surface area contributed by atoms with Gasteiger partial charge in [0.25, 0.3) is 0 Å². The van der Waals surface area contributed by atoms with Crippen molar-refractivity contribution in [1.29, 1.82) is 0 Å². The molecule has 1 unspecified atom stereocenters. The molecule has 24 heavy (non-hydrogen) atoms. The van der Waals surface area contributed by atoms with Crippen LogP contribution in [0.1, 0.15) is 44.0 Å². The van der Waals surface area contributed by atoms with Crippen LogP contribution < -0.4 is 0 Å². The van der Waals surface area contributed by atoms with Gasteiger partial charge in [-0.25, -0.2) is 0 Å². The Morgan fingerprint density at radius 2 is 1.96 bits per heavy atom. The van der Waals surface area contributed by atoms with Gasteiger partial charge in [-0.3, -0.25) is 19.3 Å². The molecule has 2 aliphatic heterocycles. The first-order chi connectivity index (χ1) is 11.5. The molecule has 0 N–H and O–H groups in total. The summed E-state index contributed by atoms with van der Waals surface area (Å²) in [6.45, 7) is 12.0. The summed E-state index contributed by atoms with van der Waals surface area (Å²) in [5, 5.41) is 4.60. The van der Waals surface area contributed by atoms with Crippen molar-refractivity contribution in [2.45, 2.75) is 52.2 Å². The largest absolute Gasteiger partial charge is 0.339 e. The summed E-state index contributed by atoms with van der Waals surface area (Å²) in [5.41, 5.74) is 2.42. The molecule has 6 heteroatoms. The molecule has 0 aliphatic carbocycles. The van der Waals surface area contributed by atoms with Gasteiger partial charge in [-0.15, -0.1) is 0 Å². The Balaban J connectivity index is 1.53. The molecule has 0 saturated carbocycles. The van der Waals surface area contributed by atoms with Crippen LogP contribution in [0.4, 0.5) is 0 Å². The fraction of sp³-hybridized carbons (Fsp3) is 0.778. The number of piperazine rings is 1. The fourth-order valence-electron chi connectivity index (χ4n) is 3.74. The van der Waals surface area contributed by atoms with Crippen molar-refractivity contribution in [2.75, 3.05) is 39.8 Å². The molecule has 2 fully saturated rings. The van der Waals surface area contributed by atoms with Crippen molar-refractivity contribution < 1.29 is 4.79 Å². The van der Waals surface area contributed by atoms with Gasteiger partial charge in [0.05, 0.1) is 11.7 Å². The standard InChI is InChI=1S/C18H31N5O/c1-14(2)23-13-16(15(3)19-23)12-21-8-10-22(11-9-21)18(24)17-6-5-7-20(17)4/h13-14,17H,5-12H2,1-4H3. The highest BCUT2D eigenvalue weighted by Crippen LogP contribution is 2.19. The molecule has 3 heterocycles. The molecule has 0 radical (unpaired) electrons. The molecule has 2 saturated heterocycles. The third-order valence-corrected chi connectivity index (χ3v) is 5.43. The molecule has 0 bridgehead atoms. The van der Waals surface area contributed by atoms with Crippen LogP contribution in [0, 0.1) is 6.92 Å². The molecule has 3 rings (SSSR count). The third kappa shape index (κ3) is 3.64. The maximum Gasteiger partial charge on any atom is 0.240 e. The first kappa shape index (κ1) is 17.4. The van der Waals surface area contributed by atoms with Gasteiger partial charge in [0, 0.05) is 50.5 Å². The van der Waals surface area contributed by atoms with Gasteiger partial charge in [0.1, 0.15) is 0 Å². The average molecular weight is 333 g/mol. The van der Waals surface area contributed by atoms with E-state index in [9.17, 15) is 4.79 Å². The van der Waals surface area contributed by atoms with Crippen LogP contribution in [0.3, 0.4) is 0 Å². The summed E-state index contributed by atoms with van der Waals surface area (Å²) in [5.74, 6) is 0.332. The normalized spacial score (nSPS) is 23.4. The predicted molar refractivity (Wildman–Crippen MR) is 94.9 cm³/mol. The number of hydrogen-bond acceptors (Lipinski definition) is 4. The van der Waals surface area contributed by atoms with Crippen LogP contribution in [0.2, 0.25) is 0 Å². The number of rotatable bonds is 4. The molecular weight excluding hydrogens is 302 g/mol. The minimum Gasteiger partial charge on any atom is -0.339 e. The second-order valence-corrected chi connectivity index (χ2v) is 7.55. The zero-order valence-electron chi connectivity index (χ0n) is 15.5. The van der Waals surface area contributed by atoms with E-state index >= 15 is 0 Å². The van der Waals surface area contributed by atoms with Crippen molar-refractivity contribution in [3.8, 4) is 0 Å². The number of carbonyl (C=O) groups is 1. The third-order valence-electron chi connectivity index (χ3n) is 5.43. The van der Waals surface area contributed by atoms with Crippen LogP contribution in [0.15, 0.2) is 6.20 Å². The fourth-order valence-corrected chi connectivity index (χ4v) is 3.74. The maximum absolute atomic E-state index is 12.7. The van der Waals surface area contributed by atoms with Crippen LogP contribution >= 0.6 is 0 Å². The second kappa shape index (κ2) is 7.23. The zero-order chi connectivity index (χ0) is 17.3. The number of aryl methyl sites for hydroxylation is 1. The van der Waals surface area contributed by atoms with Gasteiger partial charge in [0.2, 0.25) is 5.91 Å². The van der Waals surface area contributed by atoms with Gasteiger partial charge in [0.15, 0.2) is 0 Å². The lowest BCUT2D eigenvalue weighted by molar-refractivity contribution is -0.137. The lowest BCUT2D eigenvalue weighted by atomic mass is 10.1. The highest BCUT2D eigenvalue weighted by atomic mass is 16.2. The summed E-state index contributed by atoms with van der Waals surface area (Å²) >= 11 is 0. The van der Waals surface area contributed by atoms with Crippen LogP contribution in [0.5, 0.6) is 0 Å². The van der Waals surface area contributed by atoms with Gasteiger partial charge < -0.3 is 4.90 Å². The first-order valence-corrected chi connectivity index (χ1v) is 9.21. The number of carbonyl (C=O) groups excluding carboxylic acids is 1. The van der Waals surface area contributed by atoms with Gasteiger partial charge in [-0.05, 0) is 47.2 Å². The van der Waals surface area contributed by atoms with Crippen molar-refractivity contribution in [3.05, 3.63) is 17.5 Å². The lowest BCUT2D eigenvalue weighted by Gasteiger charge is -2.36. The Kier molecular flexibility index (Phi) is 5.25. The molecule has 1 amide bonds. The van der Waals surface area contributed by atoms with E-state index in [0.29, 0.717) is 11.9 Å². The van der Waals surface area contributed by atoms with Crippen molar-refractivity contribution in [2.24, 2.45) is 0 Å². The summed E-state index contributed by atoms with van der Waals surface area (Å²) in [6, 6.07) is 0.512. The quantitative estimate of drug-likeness (QED) is 0.838. The Labute approximate surface area is 145 Å². The Hall–Kier alpha value is -1.40. The van der Waals surface area contributed by atoms with Crippen LogP contribution in [0.25, 0.3) is 0 Å². The SMILES string of the molecule is Cc1nn(C(C)C)cc1CN1CCN(C(=O)C2CCCN2C)CC1. The average Bonchev–Trinajstić information content (AvgIpc) is 3.14. The topological polar surface area (TPSA) is 44.6 Å². The van der Waals surface area contributed by atoms with E-state index in [0.717, 1.165) is 57.8 Å². The summed E-state index contributed by atoms with van der Waals surface area (Å²) < 4.78 is 2.04. The van der Waals surface area contributed by atoms with Crippen LogP contribution in [-0.2, 0) is 11.3 Å². The maximum atomic E-state index is 12.7. The molecular formula is C18H31N5O. The molecule has 1 aromatic rings. The van der Waals surface area contributed by atoms with Crippen LogP contribution in [-0.4, -0.2) is 76.2 Å². The van der Waals surface area contributed by atoms with E-state index in [1.165, 1.54) is 5.56 Å². The molecule has 1 atom stereocenters. The molecule has 6 nitrogen and oxygen atoms in total. The number of amides is 1. The number of hydrogen-bond donors (Lipinski definition) is 0. The number of aromatic nitrogens is 2. The van der Waals surface area contributed by atoms with E-state index in [4.69, 9.17) is 0 Å². The van der Waals surface area contributed by atoms with Crippen molar-refractivity contribution >= 4 is 5.91 Å². The van der Waals surface area contributed by atoms with E-state index in [-0.39, 0.29) is 6.04 Å². The van der Waals surface area contributed by atoms with Gasteiger partial charge >= 0.3 is 0 Å². The smallest absolute Gasteiger partial charge is 0.240 e. The van der Waals surface area contributed by atoms with Gasteiger partial charge in [-0.1, -0.05) is 0 Å². The molecule has 1 aromatic heterocycles. The summed E-state index contributed by atoms with van der Waals surface area (Å²) in [4.78, 5) is 19.4. The van der Waals surface area contributed by atoms with E-state index in [2.05, 4.69) is 53.8 Å². The van der Waals surface area contributed by atoms with E-state index in [1.807, 2.05) is 4.68 Å². The molecule has 2 aliphatic rings. The summed E-state index contributed by atoms with van der Waals surface area (Å²) in [6.07, 6.45) is 4.33. The molecule has 0 spiro atoms. The Morgan fingerprint density at radius 3 is 2.50 bits per heavy atom. The van der Waals surface area contributed by atoms with Gasteiger partial charge in [-0.2, -0.15) is 5.10 Å². The predicted octanol–water partition coefficient (Wildman–Crippen LogP) is 1.51. The lowest BCUT2D eigenvalue weighted by Crippen LogP contribution is -2.52. The first-order valence-electron chi connectivity index (χ1n) is 9.21. The summed E-state index contributed by atoms with van der Waals surface area (Å²) in [7, 11) is 2.07. The second-order valence-electron chi connectivity index (χ2n) is 7.55. The monoisotopic (exact) mass is 333 g/mol. The number of nitrogens with zero attached hydrogens (tertiary/aromatic N) is 5. The number of likely N-dealkylation sites (tertiary alicyclic amines) is 1. The van der Waals surface area contributed by atoms with E-state index in [1.54, 1.807) is 0 Å². The minimum absolute atomic E-state index is 0.114. The molecule has 0 aromatic carbocycles.